The minimum absolute atomic E-state index is 0.164. The molecule has 5 rings (SSSR count). The normalized spacial score (nSPS) is 15.5. The summed E-state index contributed by atoms with van der Waals surface area (Å²) in [7, 11) is 0. The third-order valence-corrected chi connectivity index (χ3v) is 9.41. The fourth-order valence-corrected chi connectivity index (χ4v) is 7.41. The summed E-state index contributed by atoms with van der Waals surface area (Å²) in [5.74, 6) is 1.28. The maximum Gasteiger partial charge on any atom is 0.341 e. The Bertz CT molecular complexity index is 1300. The SMILES string of the molecule is CCOC(=O)c1c(NC(=O)CSc2nnc(-c3ccc(OC4CCCC4)cc3)n2CC)sc2c1CCCCC2. The molecule has 1 N–H and O–H groups in total. The van der Waals surface area contributed by atoms with Gasteiger partial charge in [-0.15, -0.1) is 21.5 Å². The first-order chi connectivity index (χ1) is 19.1. The van der Waals surface area contributed by atoms with E-state index in [0.29, 0.717) is 35.0 Å². The Kier molecular flexibility index (Phi) is 9.24. The summed E-state index contributed by atoms with van der Waals surface area (Å²) < 4.78 is 13.4. The second kappa shape index (κ2) is 13.0. The predicted molar refractivity (Wildman–Crippen MR) is 155 cm³/mol. The zero-order chi connectivity index (χ0) is 27.2. The Balaban J connectivity index is 1.25. The van der Waals surface area contributed by atoms with E-state index in [4.69, 9.17) is 9.47 Å². The molecule has 1 fully saturated rings. The molecule has 2 aromatic heterocycles. The van der Waals surface area contributed by atoms with Crippen molar-refractivity contribution in [3.05, 3.63) is 40.3 Å². The van der Waals surface area contributed by atoms with Crippen molar-refractivity contribution < 1.29 is 19.1 Å². The van der Waals surface area contributed by atoms with Gasteiger partial charge in [0, 0.05) is 17.0 Å². The summed E-state index contributed by atoms with van der Waals surface area (Å²) in [5, 5.41) is 13.1. The van der Waals surface area contributed by atoms with Gasteiger partial charge in [-0.25, -0.2) is 4.79 Å². The van der Waals surface area contributed by atoms with Crippen LogP contribution in [-0.4, -0.2) is 45.1 Å². The van der Waals surface area contributed by atoms with Crippen LogP contribution in [0.25, 0.3) is 11.4 Å². The number of hydrogen-bond acceptors (Lipinski definition) is 8. The van der Waals surface area contributed by atoms with Crippen molar-refractivity contribution in [2.24, 2.45) is 0 Å². The van der Waals surface area contributed by atoms with Crippen LogP contribution >= 0.6 is 23.1 Å². The topological polar surface area (TPSA) is 95.3 Å². The number of anilines is 1. The lowest BCUT2D eigenvalue weighted by Crippen LogP contribution is -2.17. The number of amides is 1. The van der Waals surface area contributed by atoms with Gasteiger partial charge in [-0.2, -0.15) is 0 Å². The van der Waals surface area contributed by atoms with Crippen molar-refractivity contribution in [2.45, 2.75) is 89.4 Å². The maximum atomic E-state index is 13.0. The molecule has 0 spiro atoms. The number of aromatic nitrogens is 3. The van der Waals surface area contributed by atoms with E-state index in [1.54, 1.807) is 6.92 Å². The van der Waals surface area contributed by atoms with Crippen molar-refractivity contribution >= 4 is 40.0 Å². The van der Waals surface area contributed by atoms with Gasteiger partial charge in [0.05, 0.1) is 24.0 Å². The highest BCUT2D eigenvalue weighted by atomic mass is 32.2. The van der Waals surface area contributed by atoms with E-state index in [9.17, 15) is 9.59 Å². The zero-order valence-corrected chi connectivity index (χ0v) is 24.3. The third kappa shape index (κ3) is 6.49. The number of nitrogens with one attached hydrogen (secondary N) is 1. The van der Waals surface area contributed by atoms with Crippen molar-refractivity contribution in [2.75, 3.05) is 17.7 Å². The lowest BCUT2D eigenvalue weighted by Gasteiger charge is -2.13. The number of carbonyl (C=O) groups is 2. The second-order valence-corrected chi connectivity index (χ2v) is 12.0. The molecule has 1 saturated carbocycles. The molecule has 0 saturated heterocycles. The molecule has 0 unspecified atom stereocenters. The minimum atomic E-state index is -0.352. The van der Waals surface area contributed by atoms with E-state index >= 15 is 0 Å². The largest absolute Gasteiger partial charge is 0.490 e. The molecule has 0 radical (unpaired) electrons. The Morgan fingerprint density at radius 1 is 1.05 bits per heavy atom. The summed E-state index contributed by atoms with van der Waals surface area (Å²) in [5.41, 5.74) is 2.55. The molecular formula is C29H36N4O4S2. The molecule has 2 heterocycles. The van der Waals surface area contributed by atoms with Crippen molar-refractivity contribution in [3.8, 4) is 17.1 Å². The van der Waals surface area contributed by atoms with Gasteiger partial charge in [0.2, 0.25) is 5.91 Å². The number of thiophene rings is 1. The molecule has 0 atom stereocenters. The molecule has 3 aromatic rings. The second-order valence-electron chi connectivity index (χ2n) is 9.93. The molecule has 0 aliphatic heterocycles. The number of fused-ring (bicyclic) bond motifs is 1. The van der Waals surface area contributed by atoms with Gasteiger partial charge < -0.3 is 19.4 Å². The van der Waals surface area contributed by atoms with Crippen LogP contribution in [0, 0.1) is 0 Å². The number of rotatable bonds is 10. The van der Waals surface area contributed by atoms with Crippen LogP contribution in [0.2, 0.25) is 0 Å². The summed E-state index contributed by atoms with van der Waals surface area (Å²) in [6, 6.07) is 8.01. The first kappa shape index (κ1) is 27.7. The van der Waals surface area contributed by atoms with Gasteiger partial charge in [0.1, 0.15) is 10.8 Å². The number of esters is 1. The summed E-state index contributed by atoms with van der Waals surface area (Å²) in [4.78, 5) is 27.0. The summed E-state index contributed by atoms with van der Waals surface area (Å²) in [6.07, 6.45) is 10.1. The summed E-state index contributed by atoms with van der Waals surface area (Å²) in [6.45, 7) is 4.82. The molecular weight excluding hydrogens is 532 g/mol. The number of thioether (sulfide) groups is 1. The Labute approximate surface area is 237 Å². The Hall–Kier alpha value is -2.85. The van der Waals surface area contributed by atoms with Gasteiger partial charge in [0.25, 0.3) is 0 Å². The highest BCUT2D eigenvalue weighted by molar-refractivity contribution is 7.99. The molecule has 1 aromatic carbocycles. The number of ether oxygens (including phenoxy) is 2. The first-order valence-electron chi connectivity index (χ1n) is 14.0. The van der Waals surface area contributed by atoms with E-state index in [0.717, 1.165) is 67.6 Å². The fraction of sp³-hybridized carbons (Fsp3) is 0.517. The zero-order valence-electron chi connectivity index (χ0n) is 22.7. The van der Waals surface area contributed by atoms with Crippen LogP contribution in [0.15, 0.2) is 29.4 Å². The number of nitrogens with zero attached hydrogens (tertiary/aromatic N) is 3. The molecule has 8 nitrogen and oxygen atoms in total. The van der Waals surface area contributed by atoms with E-state index < -0.39 is 0 Å². The van der Waals surface area contributed by atoms with Gasteiger partial charge in [0.15, 0.2) is 11.0 Å². The molecule has 39 heavy (non-hydrogen) atoms. The van der Waals surface area contributed by atoms with Crippen LogP contribution in [0.5, 0.6) is 5.75 Å². The van der Waals surface area contributed by atoms with E-state index in [1.165, 1.54) is 40.8 Å². The number of hydrogen-bond donors (Lipinski definition) is 1. The minimum Gasteiger partial charge on any atom is -0.490 e. The molecule has 2 aliphatic carbocycles. The van der Waals surface area contributed by atoms with Crippen LogP contribution in [-0.2, 0) is 28.9 Å². The Morgan fingerprint density at radius 3 is 2.56 bits per heavy atom. The lowest BCUT2D eigenvalue weighted by atomic mass is 10.1. The Morgan fingerprint density at radius 2 is 1.82 bits per heavy atom. The van der Waals surface area contributed by atoms with Gasteiger partial charge in [-0.1, -0.05) is 18.2 Å². The molecule has 208 valence electrons. The predicted octanol–water partition coefficient (Wildman–Crippen LogP) is 6.52. The number of carbonyl (C=O) groups excluding carboxylic acids is 2. The third-order valence-electron chi connectivity index (χ3n) is 7.24. The molecule has 1 amide bonds. The van der Waals surface area contributed by atoms with Crippen molar-refractivity contribution in [1.29, 1.82) is 0 Å². The van der Waals surface area contributed by atoms with E-state index in [2.05, 4.69) is 15.5 Å². The van der Waals surface area contributed by atoms with Gasteiger partial charge in [-0.3, -0.25) is 4.79 Å². The maximum absolute atomic E-state index is 13.0. The molecule has 10 heteroatoms. The quantitative estimate of drug-likeness (QED) is 0.169. The lowest BCUT2D eigenvalue weighted by molar-refractivity contribution is -0.113. The smallest absolute Gasteiger partial charge is 0.341 e. The standard InChI is InChI=1S/C29H36N4O4S2/c1-3-33-26(19-14-16-21(17-15-19)37-20-10-8-9-11-20)31-32-29(33)38-18-24(34)30-27-25(28(35)36-4-2)22-12-6-5-7-13-23(22)39-27/h14-17,20H,3-13,18H2,1-2H3,(H,30,34). The summed E-state index contributed by atoms with van der Waals surface area (Å²) >= 11 is 2.86. The number of benzene rings is 1. The van der Waals surface area contributed by atoms with Crippen molar-refractivity contribution in [1.82, 2.24) is 14.8 Å². The van der Waals surface area contributed by atoms with E-state index in [1.807, 2.05) is 35.8 Å². The van der Waals surface area contributed by atoms with E-state index in [-0.39, 0.29) is 17.6 Å². The molecule has 0 bridgehead atoms. The van der Waals surface area contributed by atoms with Gasteiger partial charge in [-0.05, 0) is 95.0 Å². The fourth-order valence-electron chi connectivity index (χ4n) is 5.32. The van der Waals surface area contributed by atoms with Crippen molar-refractivity contribution in [3.63, 3.8) is 0 Å². The monoisotopic (exact) mass is 568 g/mol. The first-order valence-corrected chi connectivity index (χ1v) is 15.8. The highest BCUT2D eigenvalue weighted by Crippen LogP contribution is 2.38. The van der Waals surface area contributed by atoms with Gasteiger partial charge >= 0.3 is 5.97 Å². The average molecular weight is 569 g/mol. The number of aryl methyl sites for hydroxylation is 1. The average Bonchev–Trinajstić information content (AvgIpc) is 3.64. The molecule has 2 aliphatic rings. The van der Waals surface area contributed by atoms with Crippen LogP contribution in [0.1, 0.15) is 79.6 Å². The highest BCUT2D eigenvalue weighted by Gasteiger charge is 2.27. The van der Waals surface area contributed by atoms with Crippen LogP contribution in [0.3, 0.4) is 0 Å². The van der Waals surface area contributed by atoms with Crippen LogP contribution in [0.4, 0.5) is 5.00 Å². The van der Waals surface area contributed by atoms with Crippen LogP contribution < -0.4 is 10.1 Å².